The van der Waals surface area contributed by atoms with Crippen molar-refractivity contribution in [3.8, 4) is 17.0 Å². The highest BCUT2D eigenvalue weighted by Crippen LogP contribution is 2.33. The first-order chi connectivity index (χ1) is 17.0. The van der Waals surface area contributed by atoms with Crippen LogP contribution in [0.5, 0.6) is 5.75 Å². The third kappa shape index (κ3) is 4.62. The van der Waals surface area contributed by atoms with Crippen LogP contribution in [0, 0.1) is 0 Å². The Morgan fingerprint density at radius 1 is 1.14 bits per heavy atom. The van der Waals surface area contributed by atoms with Gasteiger partial charge in [-0.2, -0.15) is 0 Å². The molecule has 1 N–H and O–H groups in total. The van der Waals surface area contributed by atoms with Crippen molar-refractivity contribution in [2.75, 3.05) is 44.5 Å². The second-order valence-electron chi connectivity index (χ2n) is 8.89. The summed E-state index contributed by atoms with van der Waals surface area (Å²) in [5.74, 6) is 2.48. The van der Waals surface area contributed by atoms with Crippen molar-refractivity contribution >= 4 is 23.2 Å². The first kappa shape index (κ1) is 22.6. The molecule has 35 heavy (non-hydrogen) atoms. The van der Waals surface area contributed by atoms with Crippen LogP contribution in [0.3, 0.4) is 0 Å². The third-order valence-electron chi connectivity index (χ3n) is 6.28. The van der Waals surface area contributed by atoms with Crippen molar-refractivity contribution in [1.29, 1.82) is 0 Å². The van der Waals surface area contributed by atoms with Gasteiger partial charge >= 0.3 is 6.03 Å². The topological polar surface area (TPSA) is 87.9 Å². The average Bonchev–Trinajstić information content (AvgIpc) is 3.29. The molecule has 1 aliphatic rings. The SMILES string of the molecule is COc1cccc(-c2nc([C@@H]3CCCN(C(=O)Nc4cnc(N(C)C)nc4)C3)n3ccccc23)c1. The van der Waals surface area contributed by atoms with E-state index in [1.54, 1.807) is 19.5 Å². The van der Waals surface area contributed by atoms with Crippen molar-refractivity contribution < 1.29 is 9.53 Å². The summed E-state index contributed by atoms with van der Waals surface area (Å²) in [6, 6.07) is 13.9. The van der Waals surface area contributed by atoms with E-state index in [4.69, 9.17) is 9.72 Å². The standard InChI is InChI=1S/C26H29N7O2/c1-31(2)25-27-15-20(16-28-25)29-26(34)32-12-7-9-19(17-32)24-30-23(22-11-4-5-13-33(22)24)18-8-6-10-21(14-18)35-3/h4-6,8,10-11,13-16,19H,7,9,12,17H2,1-3H3,(H,29,34)/t19-/m1/s1. The van der Waals surface area contributed by atoms with Crippen LogP contribution in [0.1, 0.15) is 24.6 Å². The predicted octanol–water partition coefficient (Wildman–Crippen LogP) is 4.28. The van der Waals surface area contributed by atoms with Crippen LogP contribution in [0.4, 0.5) is 16.4 Å². The number of piperidine rings is 1. The quantitative estimate of drug-likeness (QED) is 0.468. The number of anilines is 2. The molecule has 1 atom stereocenters. The normalized spacial score (nSPS) is 15.7. The van der Waals surface area contributed by atoms with Crippen LogP contribution < -0.4 is 15.0 Å². The van der Waals surface area contributed by atoms with E-state index >= 15 is 0 Å². The molecule has 0 aliphatic carbocycles. The molecule has 1 saturated heterocycles. The monoisotopic (exact) mass is 471 g/mol. The number of ether oxygens (including phenoxy) is 1. The Bertz CT molecular complexity index is 1330. The second-order valence-corrected chi connectivity index (χ2v) is 8.89. The van der Waals surface area contributed by atoms with Gasteiger partial charge in [0.05, 0.1) is 36.4 Å². The molecule has 1 aliphatic heterocycles. The van der Waals surface area contributed by atoms with Crippen molar-refractivity contribution in [2.45, 2.75) is 18.8 Å². The van der Waals surface area contributed by atoms with Gasteiger partial charge in [-0.25, -0.2) is 19.7 Å². The molecular weight excluding hydrogens is 442 g/mol. The minimum atomic E-state index is -0.148. The Balaban J connectivity index is 1.39. The number of rotatable bonds is 5. The summed E-state index contributed by atoms with van der Waals surface area (Å²) in [7, 11) is 5.42. The molecule has 4 heterocycles. The van der Waals surface area contributed by atoms with Gasteiger partial charge in [0.2, 0.25) is 5.95 Å². The highest BCUT2D eigenvalue weighted by Gasteiger charge is 2.29. The smallest absolute Gasteiger partial charge is 0.321 e. The molecule has 9 heteroatoms. The number of fused-ring (bicyclic) bond motifs is 1. The third-order valence-corrected chi connectivity index (χ3v) is 6.28. The Hall–Kier alpha value is -4.14. The van der Waals surface area contributed by atoms with Crippen LogP contribution in [0.2, 0.25) is 0 Å². The fourth-order valence-corrected chi connectivity index (χ4v) is 4.52. The largest absolute Gasteiger partial charge is 0.497 e. The van der Waals surface area contributed by atoms with E-state index in [2.05, 4.69) is 25.8 Å². The molecule has 1 fully saturated rings. The Labute approximate surface area is 204 Å². The number of carbonyl (C=O) groups excluding carboxylic acids is 1. The highest BCUT2D eigenvalue weighted by molar-refractivity contribution is 5.89. The maximum atomic E-state index is 13.0. The summed E-state index contributed by atoms with van der Waals surface area (Å²) < 4.78 is 7.57. The average molecular weight is 472 g/mol. The van der Waals surface area contributed by atoms with E-state index in [-0.39, 0.29) is 11.9 Å². The van der Waals surface area contributed by atoms with E-state index in [1.807, 2.05) is 66.5 Å². The summed E-state index contributed by atoms with van der Waals surface area (Å²) in [5.41, 5.74) is 3.54. The highest BCUT2D eigenvalue weighted by atomic mass is 16.5. The molecule has 0 saturated carbocycles. The number of amides is 2. The number of hydrogen-bond acceptors (Lipinski definition) is 6. The van der Waals surface area contributed by atoms with Gasteiger partial charge in [0, 0.05) is 44.9 Å². The first-order valence-corrected chi connectivity index (χ1v) is 11.7. The molecule has 4 aromatic rings. The summed E-state index contributed by atoms with van der Waals surface area (Å²) in [6.45, 7) is 1.29. The summed E-state index contributed by atoms with van der Waals surface area (Å²) in [6.07, 6.45) is 7.18. The molecule has 9 nitrogen and oxygen atoms in total. The lowest BCUT2D eigenvalue weighted by Gasteiger charge is -2.32. The zero-order chi connectivity index (χ0) is 24.4. The Morgan fingerprint density at radius 2 is 1.97 bits per heavy atom. The van der Waals surface area contributed by atoms with Gasteiger partial charge < -0.3 is 24.3 Å². The summed E-state index contributed by atoms with van der Waals surface area (Å²) in [5, 5.41) is 2.93. The minimum Gasteiger partial charge on any atom is -0.497 e. The number of benzene rings is 1. The van der Waals surface area contributed by atoms with Crippen molar-refractivity contribution in [3.05, 3.63) is 66.9 Å². The van der Waals surface area contributed by atoms with E-state index in [0.29, 0.717) is 24.7 Å². The molecule has 3 aromatic heterocycles. The molecule has 5 rings (SSSR count). The zero-order valence-corrected chi connectivity index (χ0v) is 20.2. The predicted molar refractivity (Wildman–Crippen MR) is 136 cm³/mol. The number of methoxy groups -OCH3 is 1. The molecule has 0 unspecified atom stereocenters. The molecular formula is C26H29N7O2. The number of hydrogen-bond donors (Lipinski definition) is 1. The lowest BCUT2D eigenvalue weighted by atomic mass is 9.97. The van der Waals surface area contributed by atoms with Gasteiger partial charge in [0.25, 0.3) is 0 Å². The maximum Gasteiger partial charge on any atom is 0.321 e. The van der Waals surface area contributed by atoms with Gasteiger partial charge in [0.1, 0.15) is 11.6 Å². The van der Waals surface area contributed by atoms with E-state index < -0.39 is 0 Å². The number of aromatic nitrogens is 4. The summed E-state index contributed by atoms with van der Waals surface area (Å²) >= 11 is 0. The van der Waals surface area contributed by atoms with Crippen LogP contribution >= 0.6 is 0 Å². The molecule has 0 bridgehead atoms. The van der Waals surface area contributed by atoms with Crippen LogP contribution in [-0.4, -0.2) is 64.6 Å². The van der Waals surface area contributed by atoms with Gasteiger partial charge in [-0.05, 0) is 37.1 Å². The molecule has 0 spiro atoms. The number of urea groups is 1. The molecule has 180 valence electrons. The molecule has 1 aromatic carbocycles. The Kier molecular flexibility index (Phi) is 6.22. The minimum absolute atomic E-state index is 0.121. The van der Waals surface area contributed by atoms with Gasteiger partial charge in [0.15, 0.2) is 0 Å². The van der Waals surface area contributed by atoms with Crippen molar-refractivity contribution in [3.63, 3.8) is 0 Å². The van der Waals surface area contributed by atoms with Gasteiger partial charge in [-0.1, -0.05) is 18.2 Å². The number of nitrogens with zero attached hydrogens (tertiary/aromatic N) is 6. The number of carbonyl (C=O) groups is 1. The van der Waals surface area contributed by atoms with Crippen LogP contribution in [-0.2, 0) is 0 Å². The van der Waals surface area contributed by atoms with E-state index in [0.717, 1.165) is 41.2 Å². The first-order valence-electron chi connectivity index (χ1n) is 11.7. The lowest BCUT2D eigenvalue weighted by molar-refractivity contribution is 0.191. The van der Waals surface area contributed by atoms with Gasteiger partial charge in [-0.3, -0.25) is 0 Å². The van der Waals surface area contributed by atoms with E-state index in [1.165, 1.54) is 0 Å². The molecule has 0 radical (unpaired) electrons. The van der Waals surface area contributed by atoms with Crippen molar-refractivity contribution in [1.82, 2.24) is 24.3 Å². The van der Waals surface area contributed by atoms with Crippen LogP contribution in [0.15, 0.2) is 61.1 Å². The number of likely N-dealkylation sites (tertiary alicyclic amines) is 1. The number of pyridine rings is 1. The maximum absolute atomic E-state index is 13.0. The summed E-state index contributed by atoms with van der Waals surface area (Å²) in [4.78, 5) is 30.3. The number of nitrogens with one attached hydrogen (secondary N) is 1. The Morgan fingerprint density at radius 3 is 2.74 bits per heavy atom. The second kappa shape index (κ2) is 9.61. The fraction of sp³-hybridized carbons (Fsp3) is 0.308. The van der Waals surface area contributed by atoms with Gasteiger partial charge in [-0.15, -0.1) is 0 Å². The fourth-order valence-electron chi connectivity index (χ4n) is 4.52. The van der Waals surface area contributed by atoms with Crippen molar-refractivity contribution in [2.24, 2.45) is 0 Å². The van der Waals surface area contributed by atoms with E-state index in [9.17, 15) is 4.79 Å². The zero-order valence-electron chi connectivity index (χ0n) is 20.2. The van der Waals surface area contributed by atoms with Crippen LogP contribution in [0.25, 0.3) is 16.8 Å². The molecule has 2 amide bonds. The number of imidazole rings is 1. The lowest BCUT2D eigenvalue weighted by Crippen LogP contribution is -2.42.